The van der Waals surface area contributed by atoms with Gasteiger partial charge in [-0.1, -0.05) is 0 Å². The monoisotopic (exact) mass is 482 g/mol. The highest BCUT2D eigenvalue weighted by Crippen LogP contribution is 2.33. The van der Waals surface area contributed by atoms with E-state index in [4.69, 9.17) is 14.7 Å². The van der Waals surface area contributed by atoms with Gasteiger partial charge in [0.15, 0.2) is 0 Å². The molecular formula is C24H34N8OS. The Bertz CT molecular complexity index is 1080. The topological polar surface area (TPSA) is 82.5 Å². The Morgan fingerprint density at radius 2 is 1.74 bits per heavy atom. The summed E-state index contributed by atoms with van der Waals surface area (Å²) in [7, 11) is 0. The Balaban J connectivity index is 1.16. The average Bonchev–Trinajstić information content (AvgIpc) is 3.16. The molecule has 5 rings (SSSR count). The summed E-state index contributed by atoms with van der Waals surface area (Å²) in [4.78, 5) is 28.2. The van der Waals surface area contributed by atoms with Crippen molar-refractivity contribution >= 4 is 33.3 Å². The van der Waals surface area contributed by atoms with Crippen molar-refractivity contribution in [2.75, 3.05) is 75.8 Å². The summed E-state index contributed by atoms with van der Waals surface area (Å²) in [6, 6.07) is 1.86. The lowest BCUT2D eigenvalue weighted by Gasteiger charge is -2.34. The van der Waals surface area contributed by atoms with E-state index in [0.29, 0.717) is 0 Å². The third-order valence-electron chi connectivity index (χ3n) is 6.69. The minimum Gasteiger partial charge on any atom is -0.379 e. The number of aryl methyl sites for hydroxylation is 2. The number of piperazine rings is 1. The Labute approximate surface area is 205 Å². The van der Waals surface area contributed by atoms with Crippen molar-refractivity contribution in [1.82, 2.24) is 29.7 Å². The van der Waals surface area contributed by atoms with Gasteiger partial charge in [0.05, 0.1) is 25.1 Å². The Kier molecular flexibility index (Phi) is 7.48. The predicted octanol–water partition coefficient (Wildman–Crippen LogP) is 2.55. The molecular weight excluding hydrogens is 448 g/mol. The van der Waals surface area contributed by atoms with Crippen LogP contribution in [-0.4, -0.2) is 95.3 Å². The highest BCUT2D eigenvalue weighted by atomic mass is 32.1. The van der Waals surface area contributed by atoms with Crippen molar-refractivity contribution in [2.24, 2.45) is 0 Å². The second-order valence-corrected chi connectivity index (χ2v) is 10.2. The first kappa shape index (κ1) is 23.3. The van der Waals surface area contributed by atoms with Gasteiger partial charge in [0.25, 0.3) is 0 Å². The number of fused-ring (bicyclic) bond motifs is 1. The lowest BCUT2D eigenvalue weighted by atomic mass is 10.2. The van der Waals surface area contributed by atoms with Crippen molar-refractivity contribution in [3.05, 3.63) is 34.7 Å². The SMILES string of the molecule is Cc1sc2nc(CN3CCOCC3)nc(NCCCN3CCN(c4ncccn4)CC3)c2c1C. The molecule has 3 aromatic rings. The Hall–Kier alpha value is -2.40. The molecule has 3 aromatic heterocycles. The fourth-order valence-corrected chi connectivity index (χ4v) is 5.64. The zero-order valence-electron chi connectivity index (χ0n) is 20.2. The fraction of sp³-hybridized carbons (Fsp3) is 0.583. The van der Waals surface area contributed by atoms with E-state index in [-0.39, 0.29) is 0 Å². The molecule has 0 amide bonds. The van der Waals surface area contributed by atoms with E-state index in [1.54, 1.807) is 11.3 Å². The van der Waals surface area contributed by atoms with Crippen LogP contribution in [0, 0.1) is 13.8 Å². The number of rotatable bonds is 8. The van der Waals surface area contributed by atoms with Crippen LogP contribution in [0.1, 0.15) is 22.7 Å². The van der Waals surface area contributed by atoms with Crippen molar-refractivity contribution < 1.29 is 4.74 Å². The maximum atomic E-state index is 5.49. The van der Waals surface area contributed by atoms with Crippen molar-refractivity contribution in [2.45, 2.75) is 26.8 Å². The van der Waals surface area contributed by atoms with Crippen LogP contribution in [0.2, 0.25) is 0 Å². The Morgan fingerprint density at radius 3 is 2.50 bits per heavy atom. The van der Waals surface area contributed by atoms with Gasteiger partial charge in [0.1, 0.15) is 16.5 Å². The quantitative estimate of drug-likeness (QED) is 0.487. The number of nitrogens with one attached hydrogen (secondary N) is 1. The highest BCUT2D eigenvalue weighted by Gasteiger charge is 2.19. The van der Waals surface area contributed by atoms with Gasteiger partial charge in [-0.15, -0.1) is 11.3 Å². The third kappa shape index (κ3) is 5.46. The maximum absolute atomic E-state index is 5.49. The van der Waals surface area contributed by atoms with E-state index < -0.39 is 0 Å². The fourth-order valence-electron chi connectivity index (χ4n) is 4.59. The van der Waals surface area contributed by atoms with Crippen LogP contribution in [0.3, 0.4) is 0 Å². The van der Waals surface area contributed by atoms with Crippen molar-refractivity contribution in [1.29, 1.82) is 0 Å². The average molecular weight is 483 g/mol. The summed E-state index contributed by atoms with van der Waals surface area (Å²) < 4.78 is 5.49. The number of hydrogen-bond donors (Lipinski definition) is 1. The van der Waals surface area contributed by atoms with Gasteiger partial charge < -0.3 is 15.0 Å². The van der Waals surface area contributed by atoms with E-state index in [2.05, 4.69) is 43.8 Å². The molecule has 0 saturated carbocycles. The lowest BCUT2D eigenvalue weighted by Crippen LogP contribution is -2.47. The second kappa shape index (κ2) is 10.9. The molecule has 0 atom stereocenters. The molecule has 5 heterocycles. The van der Waals surface area contributed by atoms with E-state index in [1.165, 1.54) is 15.8 Å². The Morgan fingerprint density at radius 1 is 0.971 bits per heavy atom. The number of ether oxygens (including phenoxy) is 1. The molecule has 34 heavy (non-hydrogen) atoms. The first-order chi connectivity index (χ1) is 16.7. The van der Waals surface area contributed by atoms with E-state index >= 15 is 0 Å². The van der Waals surface area contributed by atoms with Crippen LogP contribution in [0.4, 0.5) is 11.8 Å². The number of aromatic nitrogens is 4. The molecule has 0 aliphatic carbocycles. The highest BCUT2D eigenvalue weighted by molar-refractivity contribution is 7.18. The molecule has 0 spiro atoms. The van der Waals surface area contributed by atoms with Crippen molar-refractivity contribution in [3.63, 3.8) is 0 Å². The van der Waals surface area contributed by atoms with Crippen LogP contribution < -0.4 is 10.2 Å². The first-order valence-electron chi connectivity index (χ1n) is 12.2. The van der Waals surface area contributed by atoms with Gasteiger partial charge in [-0.05, 0) is 38.4 Å². The minimum atomic E-state index is 0.777. The molecule has 0 unspecified atom stereocenters. The van der Waals surface area contributed by atoms with E-state index in [9.17, 15) is 0 Å². The van der Waals surface area contributed by atoms with Crippen molar-refractivity contribution in [3.8, 4) is 0 Å². The number of thiophene rings is 1. The van der Waals surface area contributed by atoms with Gasteiger partial charge in [-0.2, -0.15) is 0 Å². The zero-order chi connectivity index (χ0) is 23.3. The molecule has 2 fully saturated rings. The van der Waals surface area contributed by atoms with Crippen LogP contribution in [0.25, 0.3) is 10.2 Å². The summed E-state index contributed by atoms with van der Waals surface area (Å²) in [6.07, 6.45) is 4.70. The number of anilines is 2. The van der Waals surface area contributed by atoms with Crippen LogP contribution in [-0.2, 0) is 11.3 Å². The zero-order valence-corrected chi connectivity index (χ0v) is 21.0. The van der Waals surface area contributed by atoms with Crippen LogP contribution in [0.15, 0.2) is 18.5 Å². The molecule has 0 radical (unpaired) electrons. The van der Waals surface area contributed by atoms with Gasteiger partial charge in [0.2, 0.25) is 5.95 Å². The molecule has 10 heteroatoms. The molecule has 0 aromatic carbocycles. The van der Waals surface area contributed by atoms with Gasteiger partial charge in [0, 0.05) is 63.1 Å². The molecule has 2 aliphatic heterocycles. The summed E-state index contributed by atoms with van der Waals surface area (Å²) in [5, 5.41) is 4.83. The van der Waals surface area contributed by atoms with Crippen LogP contribution in [0.5, 0.6) is 0 Å². The molecule has 1 N–H and O–H groups in total. The second-order valence-electron chi connectivity index (χ2n) is 9.00. The predicted molar refractivity (Wildman–Crippen MR) is 137 cm³/mol. The minimum absolute atomic E-state index is 0.777. The summed E-state index contributed by atoms with van der Waals surface area (Å²) in [5.74, 6) is 2.73. The van der Waals surface area contributed by atoms with E-state index in [1.807, 2.05) is 18.5 Å². The molecule has 2 aliphatic rings. The largest absolute Gasteiger partial charge is 0.379 e. The standard InChI is InChI=1S/C24H34N8OS/c1-18-19(2)34-23-21(18)22(28-20(29-23)17-31-13-15-33-16-14-31)25-7-4-8-30-9-11-32(12-10-30)24-26-5-3-6-27-24/h3,5-6H,4,7-17H2,1-2H3,(H,25,28,29). The van der Waals surface area contributed by atoms with Gasteiger partial charge in [-0.25, -0.2) is 19.9 Å². The van der Waals surface area contributed by atoms with Crippen LogP contribution >= 0.6 is 11.3 Å². The maximum Gasteiger partial charge on any atom is 0.225 e. The third-order valence-corrected chi connectivity index (χ3v) is 7.80. The van der Waals surface area contributed by atoms with Gasteiger partial charge >= 0.3 is 0 Å². The molecule has 182 valence electrons. The normalized spacial score (nSPS) is 18.0. The molecule has 0 bridgehead atoms. The van der Waals surface area contributed by atoms with E-state index in [0.717, 1.165) is 101 Å². The number of nitrogens with zero attached hydrogens (tertiary/aromatic N) is 7. The smallest absolute Gasteiger partial charge is 0.225 e. The molecule has 2 saturated heterocycles. The summed E-state index contributed by atoms with van der Waals surface area (Å²) in [6.45, 7) is 14.6. The lowest BCUT2D eigenvalue weighted by molar-refractivity contribution is 0.0331. The summed E-state index contributed by atoms with van der Waals surface area (Å²) in [5.41, 5.74) is 1.29. The van der Waals surface area contributed by atoms with Gasteiger partial charge in [-0.3, -0.25) is 9.80 Å². The first-order valence-corrected chi connectivity index (χ1v) is 13.0. The summed E-state index contributed by atoms with van der Waals surface area (Å²) >= 11 is 1.77. The molecule has 9 nitrogen and oxygen atoms in total. The number of morpholine rings is 1. The number of hydrogen-bond acceptors (Lipinski definition) is 10.